The Bertz CT molecular complexity index is 443. The maximum Gasteiger partial charge on any atom is 0.00682 e. The SMILES string of the molecule is CC(C)(CCNC1CC1)Cc1ccc2c(c1)CCC2. The third kappa shape index (κ3) is 3.60. The molecule has 3 rings (SSSR count). The van der Waals surface area contributed by atoms with E-state index in [2.05, 4.69) is 37.4 Å². The zero-order valence-corrected chi connectivity index (χ0v) is 12.5. The van der Waals surface area contributed by atoms with Crippen molar-refractivity contribution in [2.75, 3.05) is 6.54 Å². The van der Waals surface area contributed by atoms with Crippen molar-refractivity contribution in [1.82, 2.24) is 5.32 Å². The first-order valence-electron chi connectivity index (χ1n) is 7.96. The number of aryl methyl sites for hydroxylation is 2. The van der Waals surface area contributed by atoms with Gasteiger partial charge in [0.15, 0.2) is 0 Å². The standard InChI is InChI=1S/C18H27N/c1-18(2,10-11-19-17-8-9-17)13-14-6-7-15-4-3-5-16(15)12-14/h6-7,12,17,19H,3-5,8-11,13H2,1-2H3. The summed E-state index contributed by atoms with van der Waals surface area (Å²) in [5, 5.41) is 3.64. The molecule has 104 valence electrons. The van der Waals surface area contributed by atoms with Crippen LogP contribution in [-0.4, -0.2) is 12.6 Å². The average Bonchev–Trinajstić information content (AvgIpc) is 3.05. The van der Waals surface area contributed by atoms with Crippen LogP contribution in [0.1, 0.15) is 56.2 Å². The lowest BCUT2D eigenvalue weighted by atomic mass is 9.82. The van der Waals surface area contributed by atoms with Crippen molar-refractivity contribution >= 4 is 0 Å². The molecule has 0 unspecified atom stereocenters. The Balaban J connectivity index is 1.56. The molecule has 0 heterocycles. The fourth-order valence-corrected chi connectivity index (χ4v) is 3.28. The summed E-state index contributed by atoms with van der Waals surface area (Å²) in [6.45, 7) is 6.01. The van der Waals surface area contributed by atoms with E-state index in [4.69, 9.17) is 0 Å². The topological polar surface area (TPSA) is 12.0 Å². The molecular weight excluding hydrogens is 230 g/mol. The molecule has 1 aromatic rings. The number of hydrogen-bond acceptors (Lipinski definition) is 1. The Morgan fingerprint density at radius 2 is 1.95 bits per heavy atom. The van der Waals surface area contributed by atoms with Gasteiger partial charge in [0.25, 0.3) is 0 Å². The van der Waals surface area contributed by atoms with Gasteiger partial charge in [0.05, 0.1) is 0 Å². The Morgan fingerprint density at radius 1 is 1.16 bits per heavy atom. The first kappa shape index (κ1) is 13.2. The van der Waals surface area contributed by atoms with Crippen LogP contribution in [0.3, 0.4) is 0 Å². The van der Waals surface area contributed by atoms with Crippen LogP contribution in [0.4, 0.5) is 0 Å². The molecule has 1 aromatic carbocycles. The van der Waals surface area contributed by atoms with E-state index in [0.717, 1.165) is 6.04 Å². The van der Waals surface area contributed by atoms with Crippen LogP contribution in [0.5, 0.6) is 0 Å². The molecule has 0 aromatic heterocycles. The van der Waals surface area contributed by atoms with Gasteiger partial charge in [-0.1, -0.05) is 32.0 Å². The highest BCUT2D eigenvalue weighted by Gasteiger charge is 2.23. The number of hydrogen-bond donors (Lipinski definition) is 1. The Hall–Kier alpha value is -0.820. The molecule has 1 fully saturated rings. The van der Waals surface area contributed by atoms with Gasteiger partial charge in [-0.15, -0.1) is 0 Å². The van der Waals surface area contributed by atoms with Gasteiger partial charge >= 0.3 is 0 Å². The van der Waals surface area contributed by atoms with Gasteiger partial charge in [0, 0.05) is 6.04 Å². The number of fused-ring (bicyclic) bond motifs is 1. The van der Waals surface area contributed by atoms with Crippen LogP contribution < -0.4 is 5.32 Å². The minimum absolute atomic E-state index is 0.411. The normalized spacial score (nSPS) is 18.6. The van der Waals surface area contributed by atoms with Crippen LogP contribution in [0, 0.1) is 5.41 Å². The third-order valence-corrected chi connectivity index (χ3v) is 4.66. The molecule has 2 aliphatic rings. The first-order valence-corrected chi connectivity index (χ1v) is 7.96. The molecule has 1 saturated carbocycles. The summed E-state index contributed by atoms with van der Waals surface area (Å²) in [7, 11) is 0. The van der Waals surface area contributed by atoms with Gasteiger partial charge in [-0.2, -0.15) is 0 Å². The average molecular weight is 257 g/mol. The molecule has 1 N–H and O–H groups in total. The molecule has 19 heavy (non-hydrogen) atoms. The molecule has 0 atom stereocenters. The maximum atomic E-state index is 3.64. The fraction of sp³-hybridized carbons (Fsp3) is 0.667. The van der Waals surface area contributed by atoms with Crippen LogP contribution >= 0.6 is 0 Å². The summed E-state index contributed by atoms with van der Waals surface area (Å²) in [5.74, 6) is 0. The van der Waals surface area contributed by atoms with Gasteiger partial charge in [-0.3, -0.25) is 0 Å². The minimum Gasteiger partial charge on any atom is -0.314 e. The highest BCUT2D eigenvalue weighted by atomic mass is 14.9. The lowest BCUT2D eigenvalue weighted by Crippen LogP contribution is -2.25. The molecule has 0 saturated heterocycles. The third-order valence-electron chi connectivity index (χ3n) is 4.66. The van der Waals surface area contributed by atoms with Crippen LogP contribution in [-0.2, 0) is 19.3 Å². The molecule has 2 aliphatic carbocycles. The summed E-state index contributed by atoms with van der Waals surface area (Å²) in [6, 6.07) is 8.05. The maximum absolute atomic E-state index is 3.64. The van der Waals surface area contributed by atoms with Crippen molar-refractivity contribution in [3.05, 3.63) is 34.9 Å². The number of nitrogens with one attached hydrogen (secondary N) is 1. The minimum atomic E-state index is 0.411. The lowest BCUT2D eigenvalue weighted by Gasteiger charge is -2.25. The van der Waals surface area contributed by atoms with Crippen molar-refractivity contribution in [2.24, 2.45) is 5.41 Å². The van der Waals surface area contributed by atoms with Gasteiger partial charge in [-0.05, 0) is 73.6 Å². The summed E-state index contributed by atoms with van der Waals surface area (Å²) in [4.78, 5) is 0. The van der Waals surface area contributed by atoms with Gasteiger partial charge in [0.1, 0.15) is 0 Å². The highest BCUT2D eigenvalue weighted by Crippen LogP contribution is 2.29. The van der Waals surface area contributed by atoms with E-state index in [1.165, 1.54) is 57.1 Å². The second kappa shape index (κ2) is 5.28. The van der Waals surface area contributed by atoms with E-state index in [1.54, 1.807) is 11.1 Å². The second-order valence-corrected chi connectivity index (χ2v) is 7.28. The number of rotatable bonds is 6. The van der Waals surface area contributed by atoms with Gasteiger partial charge < -0.3 is 5.32 Å². The number of benzene rings is 1. The van der Waals surface area contributed by atoms with E-state index >= 15 is 0 Å². The first-order chi connectivity index (χ1) is 9.12. The van der Waals surface area contributed by atoms with E-state index in [0.29, 0.717) is 5.41 Å². The summed E-state index contributed by atoms with van der Waals surface area (Å²) in [5.41, 5.74) is 5.16. The van der Waals surface area contributed by atoms with E-state index in [1.807, 2.05) is 0 Å². The Kier molecular flexibility index (Phi) is 3.66. The largest absolute Gasteiger partial charge is 0.314 e. The molecule has 0 amide bonds. The van der Waals surface area contributed by atoms with Crippen LogP contribution in [0.2, 0.25) is 0 Å². The molecular formula is C18H27N. The van der Waals surface area contributed by atoms with Crippen LogP contribution in [0.25, 0.3) is 0 Å². The van der Waals surface area contributed by atoms with Crippen molar-refractivity contribution < 1.29 is 0 Å². The van der Waals surface area contributed by atoms with Crippen molar-refractivity contribution in [3.8, 4) is 0 Å². The van der Waals surface area contributed by atoms with E-state index in [9.17, 15) is 0 Å². The lowest BCUT2D eigenvalue weighted by molar-refractivity contribution is 0.325. The van der Waals surface area contributed by atoms with Crippen molar-refractivity contribution in [2.45, 2.75) is 64.8 Å². The van der Waals surface area contributed by atoms with Crippen molar-refractivity contribution in [3.63, 3.8) is 0 Å². The monoisotopic (exact) mass is 257 g/mol. The zero-order chi connectivity index (χ0) is 13.3. The smallest absolute Gasteiger partial charge is 0.00682 e. The van der Waals surface area contributed by atoms with Gasteiger partial charge in [0.2, 0.25) is 0 Å². The molecule has 0 spiro atoms. The van der Waals surface area contributed by atoms with Crippen molar-refractivity contribution in [1.29, 1.82) is 0 Å². The predicted molar refractivity (Wildman–Crippen MR) is 81.6 cm³/mol. The molecule has 0 radical (unpaired) electrons. The quantitative estimate of drug-likeness (QED) is 0.815. The zero-order valence-electron chi connectivity index (χ0n) is 12.5. The molecule has 1 nitrogen and oxygen atoms in total. The van der Waals surface area contributed by atoms with Crippen LogP contribution in [0.15, 0.2) is 18.2 Å². The van der Waals surface area contributed by atoms with E-state index < -0.39 is 0 Å². The Labute approximate surface area is 117 Å². The Morgan fingerprint density at radius 3 is 2.74 bits per heavy atom. The van der Waals surface area contributed by atoms with Gasteiger partial charge in [-0.25, -0.2) is 0 Å². The summed E-state index contributed by atoms with van der Waals surface area (Å²) in [6.07, 6.45) is 9.23. The predicted octanol–water partition coefficient (Wildman–Crippen LogP) is 3.89. The molecule has 0 bridgehead atoms. The summed E-state index contributed by atoms with van der Waals surface area (Å²) >= 11 is 0. The highest BCUT2D eigenvalue weighted by molar-refractivity contribution is 5.35. The molecule has 0 aliphatic heterocycles. The molecule has 1 heteroatoms. The fourth-order valence-electron chi connectivity index (χ4n) is 3.28. The summed E-state index contributed by atoms with van der Waals surface area (Å²) < 4.78 is 0. The van der Waals surface area contributed by atoms with E-state index in [-0.39, 0.29) is 0 Å². The second-order valence-electron chi connectivity index (χ2n) is 7.28.